The van der Waals surface area contributed by atoms with Gasteiger partial charge in [0.15, 0.2) is 0 Å². The Morgan fingerprint density at radius 2 is 2.06 bits per heavy atom. The average Bonchev–Trinajstić information content (AvgIpc) is 2.20. The Kier molecular flexibility index (Phi) is 2.80. The second kappa shape index (κ2) is 4.08. The van der Waals surface area contributed by atoms with Gasteiger partial charge in [0.1, 0.15) is 0 Å². The van der Waals surface area contributed by atoms with Gasteiger partial charge in [-0.05, 0) is 30.5 Å². The van der Waals surface area contributed by atoms with Crippen LogP contribution in [0.1, 0.15) is 24.8 Å². The highest BCUT2D eigenvalue weighted by atomic mass is 79.9. The predicted molar refractivity (Wildman–Crippen MR) is 70.0 cm³/mol. The van der Waals surface area contributed by atoms with E-state index < -0.39 is 0 Å². The summed E-state index contributed by atoms with van der Waals surface area (Å²) in [5, 5.41) is 9.80. The molecule has 0 aromatic heterocycles. The van der Waals surface area contributed by atoms with E-state index in [-0.39, 0.29) is 17.4 Å². The number of hydrogen-bond acceptors (Lipinski definition) is 2. The van der Waals surface area contributed by atoms with Gasteiger partial charge in [0.05, 0.1) is 13.2 Å². The van der Waals surface area contributed by atoms with E-state index >= 15 is 0 Å². The second-order valence-corrected chi connectivity index (χ2v) is 6.29. The Morgan fingerprint density at radius 3 is 2.47 bits per heavy atom. The van der Waals surface area contributed by atoms with Crippen LogP contribution in [-0.4, -0.2) is 24.9 Å². The standard InChI is InChI=1S/C14H17BrO2/c15-12-4-1-3-11(7-12)14(9-17-10-14)13(8-16)5-2-6-13/h1,3-4,7,16H,2,5-6,8-10H2. The smallest absolute Gasteiger partial charge is 0.0591 e. The first-order valence-corrected chi connectivity index (χ1v) is 6.96. The van der Waals surface area contributed by atoms with E-state index in [2.05, 4.69) is 34.1 Å². The Labute approximate surface area is 110 Å². The molecular formula is C14H17BrO2. The fraction of sp³-hybridized carbons (Fsp3) is 0.571. The number of aliphatic hydroxyl groups excluding tert-OH is 1. The molecule has 2 aliphatic rings. The highest BCUT2D eigenvalue weighted by Crippen LogP contribution is 2.58. The van der Waals surface area contributed by atoms with Gasteiger partial charge in [0, 0.05) is 21.9 Å². The summed E-state index contributed by atoms with van der Waals surface area (Å²) in [6.07, 6.45) is 3.48. The zero-order valence-electron chi connectivity index (χ0n) is 9.79. The van der Waals surface area contributed by atoms with Crippen LogP contribution in [0.15, 0.2) is 28.7 Å². The van der Waals surface area contributed by atoms with Gasteiger partial charge in [-0.1, -0.05) is 34.5 Å². The molecule has 0 radical (unpaired) electrons. The van der Waals surface area contributed by atoms with Crippen molar-refractivity contribution in [2.45, 2.75) is 24.7 Å². The molecule has 3 heteroatoms. The normalized spacial score (nSPS) is 24.8. The summed E-state index contributed by atoms with van der Waals surface area (Å²) in [5.41, 5.74) is 1.42. The molecule has 0 spiro atoms. The van der Waals surface area contributed by atoms with Crippen molar-refractivity contribution in [3.8, 4) is 0 Å². The molecule has 0 atom stereocenters. The fourth-order valence-electron chi connectivity index (χ4n) is 3.26. The van der Waals surface area contributed by atoms with Gasteiger partial charge in [-0.2, -0.15) is 0 Å². The van der Waals surface area contributed by atoms with Crippen LogP contribution in [0.4, 0.5) is 0 Å². The summed E-state index contributed by atoms with van der Waals surface area (Å²) in [4.78, 5) is 0. The molecule has 1 aliphatic heterocycles. The first kappa shape index (κ1) is 11.7. The van der Waals surface area contributed by atoms with Crippen molar-refractivity contribution < 1.29 is 9.84 Å². The Balaban J connectivity index is 2.02. The van der Waals surface area contributed by atoms with Crippen LogP contribution in [0.3, 0.4) is 0 Å². The zero-order chi connectivity index (χ0) is 11.9. The lowest BCUT2D eigenvalue weighted by atomic mass is 9.50. The largest absolute Gasteiger partial charge is 0.396 e. The van der Waals surface area contributed by atoms with Gasteiger partial charge in [-0.3, -0.25) is 0 Å². The SMILES string of the molecule is OCC1(C2(c3cccc(Br)c3)COC2)CCC1. The van der Waals surface area contributed by atoms with Crippen molar-refractivity contribution in [2.75, 3.05) is 19.8 Å². The Bertz CT molecular complexity index is 416. The van der Waals surface area contributed by atoms with E-state index in [0.717, 1.165) is 30.5 Å². The van der Waals surface area contributed by atoms with Gasteiger partial charge < -0.3 is 9.84 Å². The van der Waals surface area contributed by atoms with Crippen molar-refractivity contribution in [3.63, 3.8) is 0 Å². The lowest BCUT2D eigenvalue weighted by molar-refractivity contribution is -0.173. The first-order valence-electron chi connectivity index (χ1n) is 6.17. The minimum Gasteiger partial charge on any atom is -0.396 e. The van der Waals surface area contributed by atoms with Crippen LogP contribution < -0.4 is 0 Å². The Hall–Kier alpha value is -0.380. The molecule has 1 aromatic carbocycles. The van der Waals surface area contributed by atoms with Gasteiger partial charge in [0.2, 0.25) is 0 Å². The topological polar surface area (TPSA) is 29.5 Å². The quantitative estimate of drug-likeness (QED) is 0.929. The van der Waals surface area contributed by atoms with Crippen LogP contribution in [0.2, 0.25) is 0 Å². The summed E-state index contributed by atoms with van der Waals surface area (Å²) < 4.78 is 6.60. The molecule has 1 aliphatic carbocycles. The van der Waals surface area contributed by atoms with Crippen LogP contribution in [0, 0.1) is 5.41 Å². The molecular weight excluding hydrogens is 280 g/mol. The summed E-state index contributed by atoms with van der Waals surface area (Å²) in [6, 6.07) is 8.47. The van der Waals surface area contributed by atoms with Crippen LogP contribution in [-0.2, 0) is 10.2 Å². The number of ether oxygens (including phenoxy) is 1. The number of benzene rings is 1. The maximum Gasteiger partial charge on any atom is 0.0591 e. The van der Waals surface area contributed by atoms with Gasteiger partial charge in [0.25, 0.3) is 0 Å². The lowest BCUT2D eigenvalue weighted by Crippen LogP contribution is -2.63. The van der Waals surface area contributed by atoms with E-state index in [1.54, 1.807) is 0 Å². The minimum atomic E-state index is 0.0454. The number of hydrogen-bond donors (Lipinski definition) is 1. The molecule has 0 amide bonds. The molecule has 2 nitrogen and oxygen atoms in total. The van der Waals surface area contributed by atoms with Crippen LogP contribution in [0.5, 0.6) is 0 Å². The second-order valence-electron chi connectivity index (χ2n) is 5.38. The number of halogens is 1. The lowest BCUT2D eigenvalue weighted by Gasteiger charge is -2.59. The molecule has 3 rings (SSSR count). The van der Waals surface area contributed by atoms with E-state index in [0.29, 0.717) is 0 Å². The minimum absolute atomic E-state index is 0.0454. The maximum atomic E-state index is 9.80. The Morgan fingerprint density at radius 1 is 1.29 bits per heavy atom. The third-order valence-electron chi connectivity index (χ3n) is 4.70. The van der Waals surface area contributed by atoms with E-state index in [1.807, 2.05) is 6.07 Å². The molecule has 0 unspecified atom stereocenters. The maximum absolute atomic E-state index is 9.80. The van der Waals surface area contributed by atoms with Crippen molar-refractivity contribution in [1.82, 2.24) is 0 Å². The summed E-state index contributed by atoms with van der Waals surface area (Å²) in [7, 11) is 0. The highest BCUT2D eigenvalue weighted by Gasteiger charge is 2.59. The molecule has 0 bridgehead atoms. The number of rotatable bonds is 3. The van der Waals surface area contributed by atoms with Gasteiger partial charge >= 0.3 is 0 Å². The molecule has 1 saturated heterocycles. The third kappa shape index (κ3) is 1.52. The van der Waals surface area contributed by atoms with E-state index in [1.165, 1.54) is 12.0 Å². The van der Waals surface area contributed by atoms with E-state index in [4.69, 9.17) is 4.74 Å². The molecule has 17 heavy (non-hydrogen) atoms. The molecule has 2 fully saturated rings. The van der Waals surface area contributed by atoms with Crippen molar-refractivity contribution in [3.05, 3.63) is 34.3 Å². The summed E-state index contributed by atoms with van der Waals surface area (Å²) in [6.45, 7) is 1.79. The number of aliphatic hydroxyl groups is 1. The van der Waals surface area contributed by atoms with Crippen molar-refractivity contribution in [1.29, 1.82) is 0 Å². The first-order chi connectivity index (χ1) is 8.22. The van der Waals surface area contributed by atoms with Crippen molar-refractivity contribution >= 4 is 15.9 Å². The van der Waals surface area contributed by atoms with Crippen molar-refractivity contribution in [2.24, 2.45) is 5.41 Å². The molecule has 1 N–H and O–H groups in total. The zero-order valence-corrected chi connectivity index (χ0v) is 11.4. The molecule has 92 valence electrons. The average molecular weight is 297 g/mol. The summed E-state index contributed by atoms with van der Waals surface area (Å²) >= 11 is 3.53. The van der Waals surface area contributed by atoms with E-state index in [9.17, 15) is 5.11 Å². The van der Waals surface area contributed by atoms with Gasteiger partial charge in [-0.25, -0.2) is 0 Å². The highest BCUT2D eigenvalue weighted by molar-refractivity contribution is 9.10. The molecule has 1 aromatic rings. The van der Waals surface area contributed by atoms with Gasteiger partial charge in [-0.15, -0.1) is 0 Å². The predicted octanol–water partition coefficient (Wildman–Crippen LogP) is 2.88. The van der Waals surface area contributed by atoms with Crippen LogP contribution in [0.25, 0.3) is 0 Å². The van der Waals surface area contributed by atoms with Crippen LogP contribution >= 0.6 is 15.9 Å². The molecule has 1 saturated carbocycles. The third-order valence-corrected chi connectivity index (χ3v) is 5.20. The monoisotopic (exact) mass is 296 g/mol. The fourth-order valence-corrected chi connectivity index (χ4v) is 3.66. The summed E-state index contributed by atoms with van der Waals surface area (Å²) in [5.74, 6) is 0. The molecule has 1 heterocycles.